The molecule has 0 spiro atoms. The second-order valence-electron chi connectivity index (χ2n) is 5.06. The van der Waals surface area contributed by atoms with E-state index < -0.39 is 11.8 Å². The zero-order valence-electron chi connectivity index (χ0n) is 12.4. The Kier molecular flexibility index (Phi) is 7.54. The predicted octanol–water partition coefficient (Wildman–Crippen LogP) is -0.974. The van der Waals surface area contributed by atoms with Crippen molar-refractivity contribution in [2.45, 2.75) is 0 Å². The predicted molar refractivity (Wildman–Crippen MR) is 72.4 cm³/mol. The number of carbonyl (C=O) groups is 2. The molecule has 0 radical (unpaired) electrons. The van der Waals surface area contributed by atoms with Gasteiger partial charge in [-0.3, -0.25) is 9.59 Å². The summed E-state index contributed by atoms with van der Waals surface area (Å²) in [5.41, 5.74) is 0. The van der Waals surface area contributed by atoms with Gasteiger partial charge in [-0.15, -0.1) is 0 Å². The molecule has 6 heteroatoms. The second-order valence-corrected chi connectivity index (χ2v) is 5.06. The van der Waals surface area contributed by atoms with E-state index in [2.05, 4.69) is 0 Å². The molecule has 0 aliphatic carbocycles. The maximum Gasteiger partial charge on any atom is 0.311 e. The summed E-state index contributed by atoms with van der Waals surface area (Å²) >= 11 is 0. The van der Waals surface area contributed by atoms with Gasteiger partial charge in [0.1, 0.15) is 0 Å². The quantitative estimate of drug-likeness (QED) is 0.575. The lowest BCUT2D eigenvalue weighted by atomic mass is 10.4. The van der Waals surface area contributed by atoms with Crippen LogP contribution in [-0.4, -0.2) is 99.9 Å². The summed E-state index contributed by atoms with van der Waals surface area (Å²) < 4.78 is 0. The lowest BCUT2D eigenvalue weighted by molar-refractivity contribution is -0.150. The van der Waals surface area contributed by atoms with E-state index >= 15 is 0 Å². The minimum absolute atomic E-state index is 0.446. The zero-order valence-corrected chi connectivity index (χ0v) is 12.4. The smallest absolute Gasteiger partial charge is 0.311 e. The molecule has 0 saturated carbocycles. The first-order valence-electron chi connectivity index (χ1n) is 6.05. The summed E-state index contributed by atoms with van der Waals surface area (Å²) in [5.74, 6) is -0.892. The van der Waals surface area contributed by atoms with Gasteiger partial charge in [0.15, 0.2) is 0 Å². The first-order chi connectivity index (χ1) is 8.25. The molecule has 0 saturated heterocycles. The average molecular weight is 258 g/mol. The summed E-state index contributed by atoms with van der Waals surface area (Å²) in [6, 6.07) is 0. The zero-order chi connectivity index (χ0) is 14.3. The van der Waals surface area contributed by atoms with Crippen LogP contribution in [0.15, 0.2) is 0 Å². The summed E-state index contributed by atoms with van der Waals surface area (Å²) in [5, 5.41) is 0. The third-order valence-electron chi connectivity index (χ3n) is 2.64. The van der Waals surface area contributed by atoms with Crippen molar-refractivity contribution in [3.63, 3.8) is 0 Å². The molecule has 0 aliphatic rings. The van der Waals surface area contributed by atoms with E-state index in [-0.39, 0.29) is 0 Å². The van der Waals surface area contributed by atoms with Crippen molar-refractivity contribution in [3.8, 4) is 0 Å². The second kappa shape index (κ2) is 8.05. The molecule has 0 N–H and O–H groups in total. The van der Waals surface area contributed by atoms with Crippen LogP contribution < -0.4 is 0 Å². The number of rotatable bonds is 6. The number of amides is 2. The van der Waals surface area contributed by atoms with Crippen LogP contribution in [0.5, 0.6) is 0 Å². The molecule has 106 valence electrons. The highest BCUT2D eigenvalue weighted by molar-refractivity contribution is 6.34. The Morgan fingerprint density at radius 2 is 0.889 bits per heavy atom. The van der Waals surface area contributed by atoms with Crippen LogP contribution in [-0.2, 0) is 9.59 Å². The van der Waals surface area contributed by atoms with Crippen LogP contribution in [0.1, 0.15) is 0 Å². The number of nitrogens with zero attached hydrogens (tertiary/aromatic N) is 4. The highest BCUT2D eigenvalue weighted by Crippen LogP contribution is 1.93. The van der Waals surface area contributed by atoms with E-state index in [1.54, 1.807) is 14.1 Å². The summed E-state index contributed by atoms with van der Waals surface area (Å²) in [7, 11) is 11.0. The molecule has 0 unspecified atom stereocenters. The Bertz CT molecular complexity index is 251. The third kappa shape index (κ3) is 6.56. The highest BCUT2D eigenvalue weighted by Gasteiger charge is 2.22. The van der Waals surface area contributed by atoms with Crippen LogP contribution >= 0.6 is 0 Å². The van der Waals surface area contributed by atoms with Gasteiger partial charge in [0.2, 0.25) is 0 Å². The SMILES string of the molecule is CN(C)CCN(C)C(=O)C(=O)N(C)CCN(C)C. The number of carbonyl (C=O) groups excluding carboxylic acids is 2. The molecule has 0 bridgehead atoms. The van der Waals surface area contributed by atoms with E-state index in [0.29, 0.717) is 13.1 Å². The molecule has 0 fully saturated rings. The molecule has 6 nitrogen and oxygen atoms in total. The minimum Gasteiger partial charge on any atom is -0.336 e. The average Bonchev–Trinajstić information content (AvgIpc) is 2.30. The summed E-state index contributed by atoms with van der Waals surface area (Å²) in [6.07, 6.45) is 0. The van der Waals surface area contributed by atoms with Crippen LogP contribution in [0, 0.1) is 0 Å². The van der Waals surface area contributed by atoms with Crippen molar-refractivity contribution in [2.75, 3.05) is 68.5 Å². The Hall–Kier alpha value is -1.14. The van der Waals surface area contributed by atoms with Crippen molar-refractivity contribution in [2.24, 2.45) is 0 Å². The lowest BCUT2D eigenvalue weighted by Crippen LogP contribution is -2.45. The van der Waals surface area contributed by atoms with Crippen molar-refractivity contribution >= 4 is 11.8 Å². The first kappa shape index (κ1) is 16.9. The van der Waals surface area contributed by atoms with Crippen LogP contribution in [0.3, 0.4) is 0 Å². The Balaban J connectivity index is 4.19. The first-order valence-corrected chi connectivity index (χ1v) is 6.05. The topological polar surface area (TPSA) is 47.1 Å². The van der Waals surface area contributed by atoms with Crippen molar-refractivity contribution in [1.29, 1.82) is 0 Å². The molecule has 2 amide bonds. The van der Waals surface area contributed by atoms with Gasteiger partial charge < -0.3 is 19.6 Å². The number of likely N-dealkylation sites (N-methyl/N-ethyl adjacent to an activating group) is 4. The van der Waals surface area contributed by atoms with Gasteiger partial charge in [-0.1, -0.05) is 0 Å². The van der Waals surface area contributed by atoms with Gasteiger partial charge in [-0.05, 0) is 28.2 Å². The molecule has 0 aromatic heterocycles. The standard InChI is InChI=1S/C12H26N4O2/c1-13(2)7-9-15(5)11(17)12(18)16(6)10-8-14(3)4/h7-10H2,1-6H3. The van der Waals surface area contributed by atoms with Crippen molar-refractivity contribution in [1.82, 2.24) is 19.6 Å². The molecule has 0 aliphatic heterocycles. The molecule has 18 heavy (non-hydrogen) atoms. The van der Waals surface area contributed by atoms with E-state index in [1.165, 1.54) is 9.80 Å². The molecular formula is C12H26N4O2. The lowest BCUT2D eigenvalue weighted by Gasteiger charge is -2.23. The summed E-state index contributed by atoms with van der Waals surface area (Å²) in [4.78, 5) is 30.6. The van der Waals surface area contributed by atoms with Crippen molar-refractivity contribution in [3.05, 3.63) is 0 Å². The Morgan fingerprint density at radius 1 is 0.611 bits per heavy atom. The molecule has 0 heterocycles. The Morgan fingerprint density at radius 3 is 1.11 bits per heavy atom. The molecule has 0 rings (SSSR count). The van der Waals surface area contributed by atoms with Gasteiger partial charge in [0.25, 0.3) is 0 Å². The fourth-order valence-corrected chi connectivity index (χ4v) is 1.23. The maximum absolute atomic E-state index is 11.8. The van der Waals surface area contributed by atoms with Gasteiger partial charge in [0, 0.05) is 40.3 Å². The third-order valence-corrected chi connectivity index (χ3v) is 2.64. The van der Waals surface area contributed by atoms with Crippen LogP contribution in [0.2, 0.25) is 0 Å². The maximum atomic E-state index is 11.8. The van der Waals surface area contributed by atoms with Crippen LogP contribution in [0.4, 0.5) is 0 Å². The fraction of sp³-hybridized carbons (Fsp3) is 0.833. The van der Waals surface area contributed by atoms with Gasteiger partial charge in [-0.2, -0.15) is 0 Å². The van der Waals surface area contributed by atoms with Crippen molar-refractivity contribution < 1.29 is 9.59 Å². The monoisotopic (exact) mass is 258 g/mol. The van der Waals surface area contributed by atoms with E-state index in [4.69, 9.17) is 0 Å². The van der Waals surface area contributed by atoms with Gasteiger partial charge in [-0.25, -0.2) is 0 Å². The van der Waals surface area contributed by atoms with Gasteiger partial charge in [0.05, 0.1) is 0 Å². The number of hydrogen-bond acceptors (Lipinski definition) is 4. The normalized spacial score (nSPS) is 10.9. The minimum atomic E-state index is -0.446. The largest absolute Gasteiger partial charge is 0.336 e. The van der Waals surface area contributed by atoms with E-state index in [9.17, 15) is 9.59 Å². The molecule has 0 atom stereocenters. The molecule has 0 aromatic carbocycles. The fourth-order valence-electron chi connectivity index (χ4n) is 1.23. The molecule has 0 aromatic rings. The van der Waals surface area contributed by atoms with Crippen LogP contribution in [0.25, 0.3) is 0 Å². The highest BCUT2D eigenvalue weighted by atomic mass is 16.2. The Labute approximate surface area is 110 Å². The molecular weight excluding hydrogens is 232 g/mol. The van der Waals surface area contributed by atoms with E-state index in [0.717, 1.165) is 13.1 Å². The summed E-state index contributed by atoms with van der Waals surface area (Å²) in [6.45, 7) is 2.60. The number of hydrogen-bond donors (Lipinski definition) is 0. The van der Waals surface area contributed by atoms with Gasteiger partial charge >= 0.3 is 11.8 Å². The van der Waals surface area contributed by atoms with E-state index in [1.807, 2.05) is 38.0 Å².